The molecule has 1 aromatic heterocycles. The van der Waals surface area contributed by atoms with E-state index in [1.54, 1.807) is 4.68 Å². The molecule has 1 aromatic carbocycles. The van der Waals surface area contributed by atoms with Gasteiger partial charge in [-0.05, 0) is 31.7 Å². The van der Waals surface area contributed by atoms with E-state index in [1.165, 1.54) is 0 Å². The van der Waals surface area contributed by atoms with Crippen LogP contribution in [0, 0.1) is 5.92 Å². The molecule has 0 spiro atoms. The largest absolute Gasteiger partial charge is 0.379 e. The first-order chi connectivity index (χ1) is 12.6. The Labute approximate surface area is 154 Å². The Kier molecular flexibility index (Phi) is 4.96. The number of aromatic nitrogens is 2. The summed E-state index contributed by atoms with van der Waals surface area (Å²) in [4.78, 5) is 17.6. The summed E-state index contributed by atoms with van der Waals surface area (Å²) in [7, 11) is 1.90. The van der Waals surface area contributed by atoms with E-state index in [2.05, 4.69) is 16.9 Å². The number of hydrogen-bond donors (Lipinski definition) is 0. The van der Waals surface area contributed by atoms with E-state index in [0.717, 1.165) is 63.1 Å². The molecule has 6 heteroatoms. The first-order valence-corrected chi connectivity index (χ1v) is 9.68. The predicted octanol–water partition coefficient (Wildman–Crippen LogP) is 2.15. The van der Waals surface area contributed by atoms with Gasteiger partial charge < -0.3 is 9.64 Å². The molecule has 2 fully saturated rings. The minimum atomic E-state index is 0.0688. The van der Waals surface area contributed by atoms with Gasteiger partial charge in [-0.3, -0.25) is 14.4 Å². The number of carbonyl (C=O) groups excluding carboxylic acids is 1. The number of hydrogen-bond acceptors (Lipinski definition) is 4. The lowest BCUT2D eigenvalue weighted by atomic mass is 9.89. The summed E-state index contributed by atoms with van der Waals surface area (Å²) in [6.07, 6.45) is 2.13. The highest BCUT2D eigenvalue weighted by molar-refractivity contribution is 6.04. The maximum Gasteiger partial charge on any atom is 0.275 e. The molecule has 1 atom stereocenters. The van der Waals surface area contributed by atoms with Crippen LogP contribution >= 0.6 is 0 Å². The smallest absolute Gasteiger partial charge is 0.275 e. The monoisotopic (exact) mass is 356 g/mol. The summed E-state index contributed by atoms with van der Waals surface area (Å²) in [5, 5.41) is 5.44. The van der Waals surface area contributed by atoms with E-state index in [-0.39, 0.29) is 5.91 Å². The summed E-state index contributed by atoms with van der Waals surface area (Å²) in [6.45, 7) is 7.72. The fourth-order valence-electron chi connectivity index (χ4n) is 4.39. The fourth-order valence-corrected chi connectivity index (χ4v) is 4.39. The number of piperidine rings is 1. The van der Waals surface area contributed by atoms with Gasteiger partial charge in [-0.25, -0.2) is 0 Å². The van der Waals surface area contributed by atoms with Crippen LogP contribution in [0.15, 0.2) is 24.3 Å². The number of ether oxygens (including phenoxy) is 1. The first-order valence-electron chi connectivity index (χ1n) is 9.68. The summed E-state index contributed by atoms with van der Waals surface area (Å²) in [6, 6.07) is 8.51. The van der Waals surface area contributed by atoms with Crippen molar-refractivity contribution in [3.63, 3.8) is 0 Å². The Hall–Kier alpha value is -1.92. The van der Waals surface area contributed by atoms with Crippen molar-refractivity contribution in [3.8, 4) is 0 Å². The lowest BCUT2D eigenvalue weighted by Crippen LogP contribution is -2.49. The first kappa shape index (κ1) is 17.5. The number of benzene rings is 1. The van der Waals surface area contributed by atoms with Crippen molar-refractivity contribution >= 4 is 16.8 Å². The van der Waals surface area contributed by atoms with E-state index in [0.29, 0.717) is 17.7 Å². The normalized spacial score (nSPS) is 21.2. The van der Waals surface area contributed by atoms with Gasteiger partial charge in [-0.2, -0.15) is 5.10 Å². The van der Waals surface area contributed by atoms with E-state index < -0.39 is 0 Å². The van der Waals surface area contributed by atoms with Gasteiger partial charge in [-0.1, -0.05) is 18.2 Å². The maximum atomic E-state index is 13.0. The Bertz CT molecular complexity index is 773. The van der Waals surface area contributed by atoms with E-state index >= 15 is 0 Å². The number of fused-ring (bicyclic) bond motifs is 1. The molecule has 0 bridgehead atoms. The summed E-state index contributed by atoms with van der Waals surface area (Å²) >= 11 is 0. The number of nitrogens with zero attached hydrogens (tertiary/aromatic N) is 4. The molecule has 140 valence electrons. The molecule has 26 heavy (non-hydrogen) atoms. The third-order valence-electron chi connectivity index (χ3n) is 6.09. The van der Waals surface area contributed by atoms with Crippen LogP contribution < -0.4 is 0 Å². The van der Waals surface area contributed by atoms with E-state index in [9.17, 15) is 4.79 Å². The lowest BCUT2D eigenvalue weighted by Gasteiger charge is -2.40. The second-order valence-electron chi connectivity index (χ2n) is 7.51. The van der Waals surface area contributed by atoms with Gasteiger partial charge in [0.05, 0.1) is 18.7 Å². The van der Waals surface area contributed by atoms with Gasteiger partial charge in [0.15, 0.2) is 5.69 Å². The zero-order chi connectivity index (χ0) is 18.1. The van der Waals surface area contributed by atoms with Crippen LogP contribution in [0.1, 0.15) is 30.3 Å². The van der Waals surface area contributed by atoms with Gasteiger partial charge in [0.25, 0.3) is 5.91 Å². The third-order valence-corrected chi connectivity index (χ3v) is 6.09. The Balaban J connectivity index is 1.42. The summed E-state index contributed by atoms with van der Waals surface area (Å²) < 4.78 is 7.27. The number of likely N-dealkylation sites (tertiary alicyclic amines) is 1. The molecule has 0 aliphatic carbocycles. The van der Waals surface area contributed by atoms with Crippen molar-refractivity contribution in [1.82, 2.24) is 19.6 Å². The average Bonchev–Trinajstić information content (AvgIpc) is 3.05. The van der Waals surface area contributed by atoms with Crippen molar-refractivity contribution < 1.29 is 9.53 Å². The Morgan fingerprint density at radius 2 is 1.85 bits per heavy atom. The number of morpholine rings is 1. The SMILES string of the molecule is C[C@H](C1CCN(C(=O)c2nn(C)c3ccccc23)CC1)N1CCOCC1. The average molecular weight is 356 g/mol. The highest BCUT2D eigenvalue weighted by Crippen LogP contribution is 2.27. The minimum absolute atomic E-state index is 0.0688. The number of amides is 1. The number of para-hydroxylation sites is 1. The molecule has 0 saturated carbocycles. The van der Waals surface area contributed by atoms with Crippen LogP contribution in [-0.2, 0) is 11.8 Å². The van der Waals surface area contributed by atoms with Crippen molar-refractivity contribution in [1.29, 1.82) is 0 Å². The molecule has 2 saturated heterocycles. The molecule has 6 nitrogen and oxygen atoms in total. The zero-order valence-electron chi connectivity index (χ0n) is 15.7. The highest BCUT2D eigenvalue weighted by atomic mass is 16.5. The number of carbonyl (C=O) groups is 1. The van der Waals surface area contributed by atoms with Gasteiger partial charge >= 0.3 is 0 Å². The van der Waals surface area contributed by atoms with Crippen LogP contribution in [0.4, 0.5) is 0 Å². The van der Waals surface area contributed by atoms with Gasteiger partial charge in [-0.15, -0.1) is 0 Å². The zero-order valence-corrected chi connectivity index (χ0v) is 15.7. The number of aryl methyl sites for hydroxylation is 1. The second kappa shape index (κ2) is 7.37. The second-order valence-corrected chi connectivity index (χ2v) is 7.51. The molecular formula is C20H28N4O2. The summed E-state index contributed by atoms with van der Waals surface area (Å²) in [5.41, 5.74) is 1.59. The molecular weight excluding hydrogens is 328 g/mol. The minimum Gasteiger partial charge on any atom is -0.379 e. The van der Waals surface area contributed by atoms with Crippen LogP contribution in [0.5, 0.6) is 0 Å². The van der Waals surface area contributed by atoms with Crippen molar-refractivity contribution in [2.45, 2.75) is 25.8 Å². The van der Waals surface area contributed by atoms with Gasteiger partial charge in [0.1, 0.15) is 0 Å². The summed E-state index contributed by atoms with van der Waals surface area (Å²) in [5.74, 6) is 0.719. The molecule has 2 aromatic rings. The molecule has 1 amide bonds. The standard InChI is InChI=1S/C20H28N4O2/c1-15(23-11-13-26-14-12-23)16-7-9-24(10-8-16)20(25)19-17-5-3-4-6-18(17)22(2)21-19/h3-6,15-16H,7-14H2,1-2H3/t15-/m1/s1. The molecule has 2 aliphatic heterocycles. The molecule has 0 unspecified atom stereocenters. The highest BCUT2D eigenvalue weighted by Gasteiger charge is 2.31. The van der Waals surface area contributed by atoms with Crippen LogP contribution in [-0.4, -0.2) is 70.9 Å². The molecule has 0 N–H and O–H groups in total. The van der Waals surface area contributed by atoms with Crippen LogP contribution in [0.25, 0.3) is 10.9 Å². The maximum absolute atomic E-state index is 13.0. The predicted molar refractivity (Wildman–Crippen MR) is 101 cm³/mol. The Morgan fingerprint density at radius 1 is 1.15 bits per heavy atom. The van der Waals surface area contributed by atoms with Crippen molar-refractivity contribution in [3.05, 3.63) is 30.0 Å². The van der Waals surface area contributed by atoms with E-state index in [4.69, 9.17) is 4.74 Å². The molecule has 4 rings (SSSR count). The van der Waals surface area contributed by atoms with Crippen molar-refractivity contribution in [2.75, 3.05) is 39.4 Å². The number of rotatable bonds is 3. The van der Waals surface area contributed by atoms with Gasteiger partial charge in [0.2, 0.25) is 0 Å². The lowest BCUT2D eigenvalue weighted by molar-refractivity contribution is -0.000978. The Morgan fingerprint density at radius 3 is 2.58 bits per heavy atom. The quantitative estimate of drug-likeness (QED) is 0.846. The third kappa shape index (κ3) is 3.23. The van der Waals surface area contributed by atoms with E-state index in [1.807, 2.05) is 36.2 Å². The molecule has 0 radical (unpaired) electrons. The van der Waals surface area contributed by atoms with Crippen LogP contribution in [0.2, 0.25) is 0 Å². The van der Waals surface area contributed by atoms with Crippen molar-refractivity contribution in [2.24, 2.45) is 13.0 Å². The van der Waals surface area contributed by atoms with Gasteiger partial charge in [0, 0.05) is 44.7 Å². The topological polar surface area (TPSA) is 50.6 Å². The van der Waals surface area contributed by atoms with Crippen LogP contribution in [0.3, 0.4) is 0 Å². The molecule has 3 heterocycles. The molecule has 2 aliphatic rings. The fraction of sp³-hybridized carbons (Fsp3) is 0.600.